The van der Waals surface area contributed by atoms with Crippen molar-refractivity contribution in [2.24, 2.45) is 0 Å². The molecule has 1 heterocycles. The summed E-state index contributed by atoms with van der Waals surface area (Å²) in [6.45, 7) is 4.24. The summed E-state index contributed by atoms with van der Waals surface area (Å²) in [5.41, 5.74) is 1.88. The minimum atomic E-state index is -0.226. The molecule has 0 saturated carbocycles. The van der Waals surface area contributed by atoms with Gasteiger partial charge in [-0.1, -0.05) is 22.0 Å². The third-order valence-corrected chi connectivity index (χ3v) is 4.30. The Balaban J connectivity index is 1.82. The lowest BCUT2D eigenvalue weighted by atomic mass is 10.2. The maximum Gasteiger partial charge on any atom is 0.225 e. The van der Waals surface area contributed by atoms with Crippen molar-refractivity contribution in [3.8, 4) is 0 Å². The molecule has 2 N–H and O–H groups in total. The Bertz CT molecular complexity index is 465. The predicted octanol–water partition coefficient (Wildman–Crippen LogP) is 2.15. The molecule has 4 nitrogen and oxygen atoms in total. The Hall–Kier alpha value is -0.910. The molecule has 104 valence electrons. The van der Waals surface area contributed by atoms with Crippen molar-refractivity contribution in [3.05, 3.63) is 28.2 Å². The first-order chi connectivity index (χ1) is 9.06. The molecule has 1 aliphatic heterocycles. The average molecular weight is 327 g/mol. The van der Waals surface area contributed by atoms with Gasteiger partial charge in [-0.3, -0.25) is 4.79 Å². The fraction of sp³-hybridized carbons (Fsp3) is 0.500. The molecular formula is C14H19BrN2O2. The number of likely N-dealkylation sites (tertiary alicyclic amines) is 1. The summed E-state index contributed by atoms with van der Waals surface area (Å²) in [6, 6.07) is 5.76. The van der Waals surface area contributed by atoms with Gasteiger partial charge in [0, 0.05) is 36.2 Å². The third-order valence-electron chi connectivity index (χ3n) is 3.44. The number of nitrogens with zero attached hydrogens (tertiary/aromatic N) is 1. The summed E-state index contributed by atoms with van der Waals surface area (Å²) in [6.07, 6.45) is 1.04. The van der Waals surface area contributed by atoms with Crippen LogP contribution in [0.1, 0.15) is 18.4 Å². The van der Waals surface area contributed by atoms with E-state index in [9.17, 15) is 9.90 Å². The number of aliphatic hydroxyl groups is 1. The Morgan fingerprint density at radius 1 is 1.58 bits per heavy atom. The lowest BCUT2D eigenvalue weighted by Crippen LogP contribution is -2.26. The highest BCUT2D eigenvalue weighted by Gasteiger charge is 2.20. The Labute approximate surface area is 121 Å². The number of benzene rings is 1. The smallest absolute Gasteiger partial charge is 0.225 e. The molecule has 1 unspecified atom stereocenters. The van der Waals surface area contributed by atoms with Crippen molar-refractivity contribution >= 4 is 27.5 Å². The molecule has 5 heteroatoms. The van der Waals surface area contributed by atoms with E-state index in [2.05, 4.69) is 26.1 Å². The number of hydrogen-bond acceptors (Lipinski definition) is 3. The molecule has 1 aromatic carbocycles. The van der Waals surface area contributed by atoms with Crippen LogP contribution in [0.4, 0.5) is 5.69 Å². The van der Waals surface area contributed by atoms with Crippen LogP contribution in [0.5, 0.6) is 0 Å². The summed E-state index contributed by atoms with van der Waals surface area (Å²) < 4.78 is 0.993. The first-order valence-corrected chi connectivity index (χ1v) is 7.31. The first-order valence-electron chi connectivity index (χ1n) is 6.51. The van der Waals surface area contributed by atoms with Crippen LogP contribution in [0.2, 0.25) is 0 Å². The monoisotopic (exact) mass is 326 g/mol. The summed E-state index contributed by atoms with van der Waals surface area (Å²) >= 11 is 3.45. The normalized spacial score (nSPS) is 19.6. The second-order valence-electron chi connectivity index (χ2n) is 4.95. The number of rotatable bonds is 4. The van der Waals surface area contributed by atoms with Gasteiger partial charge in [0.15, 0.2) is 0 Å². The molecule has 0 aromatic heterocycles. The van der Waals surface area contributed by atoms with Crippen molar-refractivity contribution in [2.45, 2.75) is 25.9 Å². The van der Waals surface area contributed by atoms with Gasteiger partial charge in [-0.05, 0) is 31.0 Å². The second kappa shape index (κ2) is 6.50. The van der Waals surface area contributed by atoms with Crippen LogP contribution in [-0.2, 0) is 4.79 Å². The van der Waals surface area contributed by atoms with Crippen LogP contribution in [0.3, 0.4) is 0 Å². The van der Waals surface area contributed by atoms with Crippen LogP contribution in [0, 0.1) is 6.92 Å². The van der Waals surface area contributed by atoms with Crippen molar-refractivity contribution < 1.29 is 9.90 Å². The largest absolute Gasteiger partial charge is 0.392 e. The molecule has 1 amide bonds. The number of carbonyl (C=O) groups is 1. The van der Waals surface area contributed by atoms with Crippen molar-refractivity contribution in [1.82, 2.24) is 4.90 Å². The van der Waals surface area contributed by atoms with E-state index in [0.717, 1.165) is 28.7 Å². The van der Waals surface area contributed by atoms with E-state index in [1.54, 1.807) is 0 Å². The molecule has 0 aliphatic carbocycles. The van der Waals surface area contributed by atoms with E-state index in [4.69, 9.17) is 0 Å². The number of aliphatic hydroxyl groups excluding tert-OH is 1. The number of halogens is 1. The second-order valence-corrected chi connectivity index (χ2v) is 5.81. The van der Waals surface area contributed by atoms with Gasteiger partial charge in [0.05, 0.1) is 6.10 Å². The number of hydrogen-bond donors (Lipinski definition) is 2. The third kappa shape index (κ3) is 4.03. The highest BCUT2D eigenvalue weighted by atomic mass is 79.9. The van der Waals surface area contributed by atoms with Crippen LogP contribution >= 0.6 is 15.9 Å². The van der Waals surface area contributed by atoms with Crippen LogP contribution in [0.15, 0.2) is 22.7 Å². The molecule has 0 radical (unpaired) electrons. The molecule has 0 bridgehead atoms. The minimum absolute atomic E-state index is 0.0163. The zero-order valence-electron chi connectivity index (χ0n) is 11.0. The van der Waals surface area contributed by atoms with Gasteiger partial charge >= 0.3 is 0 Å². The lowest BCUT2D eigenvalue weighted by Gasteiger charge is -2.15. The fourth-order valence-electron chi connectivity index (χ4n) is 2.23. The van der Waals surface area contributed by atoms with E-state index < -0.39 is 0 Å². The zero-order chi connectivity index (χ0) is 13.8. The summed E-state index contributed by atoms with van der Waals surface area (Å²) in [5, 5.41) is 12.3. The van der Waals surface area contributed by atoms with E-state index in [0.29, 0.717) is 19.5 Å². The van der Waals surface area contributed by atoms with Gasteiger partial charge in [-0.2, -0.15) is 0 Å². The quantitative estimate of drug-likeness (QED) is 0.891. The number of carbonyl (C=O) groups excluding carboxylic acids is 1. The number of nitrogens with one attached hydrogen (secondary N) is 1. The van der Waals surface area contributed by atoms with E-state index in [1.807, 2.05) is 25.1 Å². The van der Waals surface area contributed by atoms with Crippen molar-refractivity contribution in [2.75, 3.05) is 25.0 Å². The van der Waals surface area contributed by atoms with Crippen molar-refractivity contribution in [3.63, 3.8) is 0 Å². The van der Waals surface area contributed by atoms with Gasteiger partial charge in [0.2, 0.25) is 5.91 Å². The van der Waals surface area contributed by atoms with E-state index >= 15 is 0 Å². The van der Waals surface area contributed by atoms with Gasteiger partial charge in [0.1, 0.15) is 0 Å². The topological polar surface area (TPSA) is 52.6 Å². The van der Waals surface area contributed by atoms with E-state index in [1.165, 1.54) is 0 Å². The van der Waals surface area contributed by atoms with Crippen LogP contribution < -0.4 is 5.32 Å². The number of β-amino-alcohol motifs (C(OH)–C–C–N with tert-alkyl or cyclic N) is 1. The van der Waals surface area contributed by atoms with Crippen LogP contribution in [0.25, 0.3) is 0 Å². The number of amides is 1. The molecule has 1 atom stereocenters. The van der Waals surface area contributed by atoms with Crippen LogP contribution in [-0.4, -0.2) is 41.7 Å². The van der Waals surface area contributed by atoms with Gasteiger partial charge in [0.25, 0.3) is 0 Å². The molecular weight excluding hydrogens is 308 g/mol. The highest BCUT2D eigenvalue weighted by Crippen LogP contribution is 2.23. The fourth-order valence-corrected chi connectivity index (χ4v) is 2.60. The van der Waals surface area contributed by atoms with Gasteiger partial charge < -0.3 is 15.3 Å². The molecule has 1 fully saturated rings. The molecule has 1 aliphatic rings. The standard InChI is InChI=1S/C14H19BrN2O2/c1-10-12(15)3-2-4-13(10)16-14(19)6-8-17-7-5-11(18)9-17/h2-4,11,18H,5-9H2,1H3,(H,16,19). The Morgan fingerprint density at radius 3 is 3.05 bits per heavy atom. The molecule has 2 rings (SSSR count). The van der Waals surface area contributed by atoms with Gasteiger partial charge in [-0.25, -0.2) is 0 Å². The highest BCUT2D eigenvalue weighted by molar-refractivity contribution is 9.10. The van der Waals surface area contributed by atoms with Gasteiger partial charge in [-0.15, -0.1) is 0 Å². The predicted molar refractivity (Wildman–Crippen MR) is 79.2 cm³/mol. The summed E-state index contributed by atoms with van der Waals surface area (Å²) in [4.78, 5) is 14.0. The Morgan fingerprint density at radius 2 is 2.37 bits per heavy atom. The maximum absolute atomic E-state index is 11.9. The molecule has 19 heavy (non-hydrogen) atoms. The van der Waals surface area contributed by atoms with Crippen molar-refractivity contribution in [1.29, 1.82) is 0 Å². The maximum atomic E-state index is 11.9. The Kier molecular flexibility index (Phi) is 4.96. The summed E-state index contributed by atoms with van der Waals surface area (Å²) in [5.74, 6) is 0.0163. The average Bonchev–Trinajstić information content (AvgIpc) is 2.78. The molecule has 1 aromatic rings. The minimum Gasteiger partial charge on any atom is -0.392 e. The number of anilines is 1. The molecule has 0 spiro atoms. The lowest BCUT2D eigenvalue weighted by molar-refractivity contribution is -0.116. The van der Waals surface area contributed by atoms with E-state index in [-0.39, 0.29) is 12.0 Å². The SMILES string of the molecule is Cc1c(Br)cccc1NC(=O)CCN1CCC(O)C1. The molecule has 1 saturated heterocycles. The summed E-state index contributed by atoms with van der Waals surface area (Å²) in [7, 11) is 0. The first kappa shape index (κ1) is 14.5. The zero-order valence-corrected chi connectivity index (χ0v) is 12.6.